The second-order valence-corrected chi connectivity index (χ2v) is 5.45. The number of rotatable bonds is 7. The molecular weight excluding hydrogens is 258 g/mol. The average Bonchev–Trinajstić information content (AvgIpc) is 2.52. The molecular formula is C19H25NO. The highest BCUT2D eigenvalue weighted by atomic mass is 16.5. The van der Waals surface area contributed by atoms with Gasteiger partial charge >= 0.3 is 0 Å². The predicted octanol–water partition coefficient (Wildman–Crippen LogP) is 5.35. The summed E-state index contributed by atoms with van der Waals surface area (Å²) in [5, 5.41) is 3.67. The number of nitrogens with one attached hydrogen (secondary N) is 1. The monoisotopic (exact) mass is 283 g/mol. The first kappa shape index (κ1) is 15.4. The van der Waals surface area contributed by atoms with E-state index in [1.165, 1.54) is 24.0 Å². The molecule has 2 rings (SSSR count). The van der Waals surface area contributed by atoms with Crippen LogP contribution in [-0.4, -0.2) is 7.11 Å². The van der Waals surface area contributed by atoms with Gasteiger partial charge in [0.05, 0.1) is 18.8 Å². The van der Waals surface area contributed by atoms with E-state index in [0.717, 1.165) is 17.9 Å². The molecule has 0 aromatic heterocycles. The minimum Gasteiger partial charge on any atom is -0.495 e. The Bertz CT molecular complexity index is 551. The maximum absolute atomic E-state index is 5.48. The minimum atomic E-state index is 0.321. The predicted molar refractivity (Wildman–Crippen MR) is 90.1 cm³/mol. The molecule has 0 heterocycles. The van der Waals surface area contributed by atoms with E-state index < -0.39 is 0 Å². The standard InChI is InChI=1S/C19H25NO/c1-4-5-11-17(16-9-7-6-8-10-16)20-18-14-15(2)12-13-19(18)21-3/h6-10,12-14,17,20H,4-5,11H2,1-3H3. The van der Waals surface area contributed by atoms with Crippen molar-refractivity contribution in [2.24, 2.45) is 0 Å². The van der Waals surface area contributed by atoms with Crippen molar-refractivity contribution < 1.29 is 4.74 Å². The first-order chi connectivity index (χ1) is 10.2. The third-order valence-electron chi connectivity index (χ3n) is 3.73. The molecule has 112 valence electrons. The first-order valence-electron chi connectivity index (χ1n) is 7.70. The summed E-state index contributed by atoms with van der Waals surface area (Å²) in [5.74, 6) is 0.901. The van der Waals surface area contributed by atoms with Gasteiger partial charge in [0.2, 0.25) is 0 Å². The Balaban J connectivity index is 2.24. The van der Waals surface area contributed by atoms with Gasteiger partial charge in [-0.3, -0.25) is 0 Å². The Morgan fingerprint density at radius 1 is 1.10 bits per heavy atom. The van der Waals surface area contributed by atoms with Gasteiger partial charge in [-0.15, -0.1) is 0 Å². The summed E-state index contributed by atoms with van der Waals surface area (Å²) in [7, 11) is 1.72. The molecule has 0 spiro atoms. The van der Waals surface area contributed by atoms with Crippen LogP contribution in [0.3, 0.4) is 0 Å². The Morgan fingerprint density at radius 2 is 1.86 bits per heavy atom. The van der Waals surface area contributed by atoms with Crippen LogP contribution in [0.15, 0.2) is 48.5 Å². The van der Waals surface area contributed by atoms with Crippen LogP contribution in [0.5, 0.6) is 5.75 Å². The lowest BCUT2D eigenvalue weighted by molar-refractivity contribution is 0.415. The van der Waals surface area contributed by atoms with Crippen molar-refractivity contribution in [3.05, 3.63) is 59.7 Å². The number of unbranched alkanes of at least 4 members (excludes halogenated alkanes) is 1. The second kappa shape index (κ2) is 7.72. The van der Waals surface area contributed by atoms with Gasteiger partial charge in [0.15, 0.2) is 0 Å². The van der Waals surface area contributed by atoms with Crippen LogP contribution >= 0.6 is 0 Å². The van der Waals surface area contributed by atoms with Gasteiger partial charge in [-0.25, -0.2) is 0 Å². The van der Waals surface area contributed by atoms with Crippen LogP contribution in [0.1, 0.15) is 43.4 Å². The molecule has 0 saturated heterocycles. The van der Waals surface area contributed by atoms with Crippen molar-refractivity contribution >= 4 is 5.69 Å². The third-order valence-corrected chi connectivity index (χ3v) is 3.73. The smallest absolute Gasteiger partial charge is 0.141 e. The van der Waals surface area contributed by atoms with E-state index in [1.807, 2.05) is 6.07 Å². The molecule has 0 fully saturated rings. The van der Waals surface area contributed by atoms with Crippen LogP contribution in [-0.2, 0) is 0 Å². The molecule has 2 aromatic rings. The quantitative estimate of drug-likeness (QED) is 0.740. The highest BCUT2D eigenvalue weighted by Crippen LogP contribution is 2.31. The summed E-state index contributed by atoms with van der Waals surface area (Å²) in [5.41, 5.74) is 3.64. The molecule has 0 aliphatic heterocycles. The lowest BCUT2D eigenvalue weighted by Gasteiger charge is -2.22. The highest BCUT2D eigenvalue weighted by Gasteiger charge is 2.13. The number of benzene rings is 2. The van der Waals surface area contributed by atoms with Crippen LogP contribution < -0.4 is 10.1 Å². The molecule has 1 N–H and O–H groups in total. The second-order valence-electron chi connectivity index (χ2n) is 5.45. The van der Waals surface area contributed by atoms with Gasteiger partial charge in [-0.05, 0) is 36.6 Å². The minimum absolute atomic E-state index is 0.321. The van der Waals surface area contributed by atoms with Crippen molar-refractivity contribution in [3.8, 4) is 5.75 Å². The Hall–Kier alpha value is -1.96. The van der Waals surface area contributed by atoms with E-state index in [4.69, 9.17) is 4.74 Å². The topological polar surface area (TPSA) is 21.3 Å². The van der Waals surface area contributed by atoms with Crippen molar-refractivity contribution in [1.29, 1.82) is 0 Å². The van der Waals surface area contributed by atoms with E-state index in [9.17, 15) is 0 Å². The van der Waals surface area contributed by atoms with E-state index in [-0.39, 0.29) is 0 Å². The van der Waals surface area contributed by atoms with E-state index >= 15 is 0 Å². The molecule has 1 atom stereocenters. The SMILES string of the molecule is CCCCC(Nc1cc(C)ccc1OC)c1ccccc1. The van der Waals surface area contributed by atoms with Crippen LogP contribution in [0.25, 0.3) is 0 Å². The fraction of sp³-hybridized carbons (Fsp3) is 0.368. The summed E-state index contributed by atoms with van der Waals surface area (Å²) in [6, 6.07) is 17.2. The summed E-state index contributed by atoms with van der Waals surface area (Å²) < 4.78 is 5.48. The number of methoxy groups -OCH3 is 1. The molecule has 2 heteroatoms. The molecule has 2 aromatic carbocycles. The average molecular weight is 283 g/mol. The fourth-order valence-electron chi connectivity index (χ4n) is 2.54. The van der Waals surface area contributed by atoms with E-state index in [2.05, 4.69) is 61.6 Å². The van der Waals surface area contributed by atoms with Gasteiger partial charge < -0.3 is 10.1 Å². The van der Waals surface area contributed by atoms with Gasteiger partial charge in [0.1, 0.15) is 5.75 Å². The summed E-state index contributed by atoms with van der Waals surface area (Å²) in [6.45, 7) is 4.34. The molecule has 2 nitrogen and oxygen atoms in total. The van der Waals surface area contributed by atoms with Crippen molar-refractivity contribution in [2.45, 2.75) is 39.2 Å². The maximum atomic E-state index is 5.48. The van der Waals surface area contributed by atoms with Gasteiger partial charge in [-0.1, -0.05) is 56.2 Å². The lowest BCUT2D eigenvalue weighted by atomic mass is 10.0. The summed E-state index contributed by atoms with van der Waals surface area (Å²) >= 11 is 0. The van der Waals surface area contributed by atoms with E-state index in [0.29, 0.717) is 6.04 Å². The number of anilines is 1. The number of ether oxygens (including phenoxy) is 1. The molecule has 21 heavy (non-hydrogen) atoms. The van der Waals surface area contributed by atoms with E-state index in [1.54, 1.807) is 7.11 Å². The van der Waals surface area contributed by atoms with Crippen molar-refractivity contribution in [3.63, 3.8) is 0 Å². The van der Waals surface area contributed by atoms with Gasteiger partial charge in [0, 0.05) is 0 Å². The molecule has 0 radical (unpaired) electrons. The lowest BCUT2D eigenvalue weighted by Crippen LogP contribution is -2.11. The first-order valence-corrected chi connectivity index (χ1v) is 7.70. The molecule has 0 amide bonds. The molecule has 0 saturated carbocycles. The molecule has 0 aliphatic rings. The Kier molecular flexibility index (Phi) is 5.68. The van der Waals surface area contributed by atoms with Crippen molar-refractivity contribution in [1.82, 2.24) is 0 Å². The third kappa shape index (κ3) is 4.25. The summed E-state index contributed by atoms with van der Waals surface area (Å²) in [4.78, 5) is 0. The normalized spacial score (nSPS) is 12.0. The van der Waals surface area contributed by atoms with Crippen LogP contribution in [0.4, 0.5) is 5.69 Å². The fourth-order valence-corrected chi connectivity index (χ4v) is 2.54. The largest absolute Gasteiger partial charge is 0.495 e. The van der Waals surface area contributed by atoms with Crippen LogP contribution in [0, 0.1) is 6.92 Å². The number of hydrogen-bond acceptors (Lipinski definition) is 2. The number of aryl methyl sites for hydroxylation is 1. The van der Waals surface area contributed by atoms with Crippen LogP contribution in [0.2, 0.25) is 0 Å². The Labute approximate surface area is 128 Å². The zero-order valence-corrected chi connectivity index (χ0v) is 13.2. The number of hydrogen-bond donors (Lipinski definition) is 1. The van der Waals surface area contributed by atoms with Gasteiger partial charge in [0.25, 0.3) is 0 Å². The van der Waals surface area contributed by atoms with Gasteiger partial charge in [-0.2, -0.15) is 0 Å². The highest BCUT2D eigenvalue weighted by molar-refractivity contribution is 5.59. The molecule has 0 aliphatic carbocycles. The zero-order valence-electron chi connectivity index (χ0n) is 13.2. The Morgan fingerprint density at radius 3 is 2.52 bits per heavy atom. The van der Waals surface area contributed by atoms with Crippen molar-refractivity contribution in [2.75, 3.05) is 12.4 Å². The molecule has 1 unspecified atom stereocenters. The zero-order chi connectivity index (χ0) is 15.1. The maximum Gasteiger partial charge on any atom is 0.141 e. The summed E-state index contributed by atoms with van der Waals surface area (Å²) in [6.07, 6.45) is 3.54. The molecule has 0 bridgehead atoms.